The zero-order valence-electron chi connectivity index (χ0n) is 8.44. The Morgan fingerprint density at radius 2 is 2.33 bits per heavy atom. The molecule has 1 fully saturated rings. The summed E-state index contributed by atoms with van der Waals surface area (Å²) >= 11 is 0. The van der Waals surface area contributed by atoms with E-state index in [9.17, 15) is 4.79 Å². The Hall–Kier alpha value is -1.78. The third kappa shape index (κ3) is 2.18. The predicted octanol–water partition coefficient (Wildman–Crippen LogP) is -0.00990. The number of amides is 1. The summed E-state index contributed by atoms with van der Waals surface area (Å²) in [5, 5.41) is 2.81. The van der Waals surface area contributed by atoms with Crippen LogP contribution in [0.5, 0.6) is 0 Å². The van der Waals surface area contributed by atoms with Crippen LogP contribution in [0, 0.1) is 0 Å². The van der Waals surface area contributed by atoms with E-state index in [4.69, 9.17) is 5.73 Å². The van der Waals surface area contributed by atoms with Crippen molar-refractivity contribution in [1.82, 2.24) is 10.3 Å². The number of nitrogens with two attached hydrogens (primary N) is 1. The maximum atomic E-state index is 11.2. The van der Waals surface area contributed by atoms with Gasteiger partial charge in [0.2, 0.25) is 5.91 Å². The monoisotopic (exact) mass is 206 g/mol. The van der Waals surface area contributed by atoms with Crippen molar-refractivity contribution in [2.45, 2.75) is 6.42 Å². The number of rotatable bonds is 1. The molecule has 1 aromatic rings. The number of pyridine rings is 1. The zero-order valence-corrected chi connectivity index (χ0v) is 8.44. The molecule has 0 saturated carbocycles. The van der Waals surface area contributed by atoms with Gasteiger partial charge in [-0.2, -0.15) is 0 Å². The highest BCUT2D eigenvalue weighted by Gasteiger charge is 2.15. The van der Waals surface area contributed by atoms with Crippen molar-refractivity contribution in [3.63, 3.8) is 0 Å². The van der Waals surface area contributed by atoms with E-state index >= 15 is 0 Å². The molecule has 15 heavy (non-hydrogen) atoms. The Morgan fingerprint density at radius 3 is 3.13 bits per heavy atom. The summed E-state index contributed by atoms with van der Waals surface area (Å²) < 4.78 is 0. The molecule has 2 rings (SSSR count). The molecule has 0 radical (unpaired) electrons. The summed E-state index contributed by atoms with van der Waals surface area (Å²) in [6, 6.07) is 3.63. The van der Waals surface area contributed by atoms with Crippen molar-refractivity contribution in [2.75, 3.05) is 30.3 Å². The van der Waals surface area contributed by atoms with Crippen molar-refractivity contribution in [3.05, 3.63) is 18.3 Å². The van der Waals surface area contributed by atoms with Crippen molar-refractivity contribution in [3.8, 4) is 0 Å². The van der Waals surface area contributed by atoms with Crippen LogP contribution in [0.3, 0.4) is 0 Å². The molecule has 1 aliphatic heterocycles. The average Bonchev–Trinajstić information content (AvgIpc) is 2.44. The molecule has 0 atom stereocenters. The van der Waals surface area contributed by atoms with Gasteiger partial charge < -0.3 is 16.0 Å². The van der Waals surface area contributed by atoms with Gasteiger partial charge in [-0.1, -0.05) is 0 Å². The molecule has 5 heteroatoms. The second-order valence-corrected chi connectivity index (χ2v) is 3.50. The molecule has 0 aliphatic carbocycles. The van der Waals surface area contributed by atoms with Crippen LogP contribution in [0.15, 0.2) is 18.3 Å². The predicted molar refractivity (Wildman–Crippen MR) is 58.5 cm³/mol. The van der Waals surface area contributed by atoms with E-state index in [1.807, 2.05) is 11.0 Å². The number of carbonyl (C=O) groups is 1. The first-order valence-corrected chi connectivity index (χ1v) is 4.99. The van der Waals surface area contributed by atoms with Crippen molar-refractivity contribution >= 4 is 17.4 Å². The first kappa shape index (κ1) is 9.76. The highest BCUT2D eigenvalue weighted by Crippen LogP contribution is 2.19. The lowest BCUT2D eigenvalue weighted by atomic mass is 10.3. The minimum Gasteiger partial charge on any atom is -0.396 e. The molecule has 0 aromatic carbocycles. The summed E-state index contributed by atoms with van der Waals surface area (Å²) in [4.78, 5) is 17.4. The third-order valence-electron chi connectivity index (χ3n) is 2.43. The number of aromatic nitrogens is 1. The maximum absolute atomic E-state index is 11.2. The van der Waals surface area contributed by atoms with Crippen LogP contribution in [0.25, 0.3) is 0 Å². The van der Waals surface area contributed by atoms with Crippen LogP contribution in [0.1, 0.15) is 6.42 Å². The minimum absolute atomic E-state index is 0.0898. The lowest BCUT2D eigenvalue weighted by Crippen LogP contribution is -2.29. The van der Waals surface area contributed by atoms with Gasteiger partial charge in [0.25, 0.3) is 0 Å². The second kappa shape index (κ2) is 4.16. The van der Waals surface area contributed by atoms with Crippen molar-refractivity contribution in [2.24, 2.45) is 0 Å². The fraction of sp³-hybridized carbons (Fsp3) is 0.400. The summed E-state index contributed by atoms with van der Waals surface area (Å²) in [5.41, 5.74) is 6.49. The molecule has 3 N–H and O–H groups in total. The van der Waals surface area contributed by atoms with Gasteiger partial charge in [-0.25, -0.2) is 4.98 Å². The van der Waals surface area contributed by atoms with Crippen LogP contribution in [-0.2, 0) is 4.79 Å². The normalized spacial score (nSPS) is 17.1. The lowest BCUT2D eigenvalue weighted by molar-refractivity contribution is -0.120. The zero-order chi connectivity index (χ0) is 10.7. The molecule has 2 heterocycles. The van der Waals surface area contributed by atoms with Gasteiger partial charge in [-0.15, -0.1) is 0 Å². The van der Waals surface area contributed by atoms with Crippen molar-refractivity contribution < 1.29 is 4.79 Å². The smallest absolute Gasteiger partial charge is 0.221 e. The van der Waals surface area contributed by atoms with Crippen LogP contribution >= 0.6 is 0 Å². The van der Waals surface area contributed by atoms with E-state index in [0.29, 0.717) is 25.2 Å². The molecule has 0 bridgehead atoms. The van der Waals surface area contributed by atoms with Gasteiger partial charge >= 0.3 is 0 Å². The first-order valence-electron chi connectivity index (χ1n) is 4.99. The SMILES string of the molecule is Nc1cccnc1N1CCNC(=O)CC1. The number of nitrogen functional groups attached to an aromatic ring is 1. The highest BCUT2D eigenvalue weighted by atomic mass is 16.1. The number of hydrogen-bond acceptors (Lipinski definition) is 4. The van der Waals surface area contributed by atoms with Crippen LogP contribution in [0.4, 0.5) is 11.5 Å². The average molecular weight is 206 g/mol. The summed E-state index contributed by atoms with van der Waals surface area (Å²) in [6.45, 7) is 2.08. The molecular weight excluding hydrogens is 192 g/mol. The first-order chi connectivity index (χ1) is 7.27. The maximum Gasteiger partial charge on any atom is 0.221 e. The van der Waals surface area contributed by atoms with Gasteiger partial charge in [0.05, 0.1) is 5.69 Å². The van der Waals surface area contributed by atoms with Crippen LogP contribution in [-0.4, -0.2) is 30.5 Å². The van der Waals surface area contributed by atoms with E-state index in [1.54, 1.807) is 12.3 Å². The molecular formula is C10H14N4O. The molecule has 80 valence electrons. The van der Waals surface area contributed by atoms with Gasteiger partial charge in [0.1, 0.15) is 0 Å². The Morgan fingerprint density at radius 1 is 1.47 bits per heavy atom. The molecule has 1 saturated heterocycles. The fourth-order valence-electron chi connectivity index (χ4n) is 1.65. The number of nitrogens with one attached hydrogen (secondary N) is 1. The van der Waals surface area contributed by atoms with E-state index in [0.717, 1.165) is 12.4 Å². The molecule has 0 spiro atoms. The van der Waals surface area contributed by atoms with Crippen molar-refractivity contribution in [1.29, 1.82) is 0 Å². The summed E-state index contributed by atoms with van der Waals surface area (Å²) in [6.07, 6.45) is 2.21. The molecule has 1 aliphatic rings. The van der Waals surface area contributed by atoms with E-state index in [2.05, 4.69) is 10.3 Å². The summed E-state index contributed by atoms with van der Waals surface area (Å²) in [7, 11) is 0. The standard InChI is InChI=1S/C10H14N4O/c11-8-2-1-4-13-10(8)14-6-3-9(15)12-5-7-14/h1-2,4H,3,5-7,11H2,(H,12,15). The Balaban J connectivity index is 2.16. The number of hydrogen-bond donors (Lipinski definition) is 2. The number of nitrogens with zero attached hydrogens (tertiary/aromatic N) is 2. The Bertz CT molecular complexity index is 366. The van der Waals surface area contributed by atoms with Gasteiger partial charge in [-0.3, -0.25) is 4.79 Å². The molecule has 5 nitrogen and oxygen atoms in total. The Labute approximate surface area is 88.3 Å². The van der Waals surface area contributed by atoms with E-state index < -0.39 is 0 Å². The third-order valence-corrected chi connectivity index (χ3v) is 2.43. The van der Waals surface area contributed by atoms with E-state index in [1.165, 1.54) is 0 Å². The fourth-order valence-corrected chi connectivity index (χ4v) is 1.65. The number of anilines is 2. The van der Waals surface area contributed by atoms with Gasteiger partial charge in [0, 0.05) is 32.3 Å². The molecule has 0 unspecified atom stereocenters. The summed E-state index contributed by atoms with van der Waals surface area (Å²) in [5.74, 6) is 0.862. The Kier molecular flexibility index (Phi) is 2.71. The molecule has 1 aromatic heterocycles. The topological polar surface area (TPSA) is 71.2 Å². The van der Waals surface area contributed by atoms with E-state index in [-0.39, 0.29) is 5.91 Å². The van der Waals surface area contributed by atoms with Gasteiger partial charge in [0.15, 0.2) is 5.82 Å². The highest BCUT2D eigenvalue weighted by molar-refractivity contribution is 5.77. The van der Waals surface area contributed by atoms with Crippen LogP contribution < -0.4 is 16.0 Å². The van der Waals surface area contributed by atoms with Gasteiger partial charge in [-0.05, 0) is 12.1 Å². The minimum atomic E-state index is 0.0898. The largest absolute Gasteiger partial charge is 0.396 e. The van der Waals surface area contributed by atoms with Crippen LogP contribution in [0.2, 0.25) is 0 Å². The molecule has 1 amide bonds. The second-order valence-electron chi connectivity index (χ2n) is 3.50. The quantitative estimate of drug-likeness (QED) is 0.678. The lowest BCUT2D eigenvalue weighted by Gasteiger charge is -2.21. The number of carbonyl (C=O) groups excluding carboxylic acids is 1.